The van der Waals surface area contributed by atoms with Crippen molar-refractivity contribution in [2.24, 2.45) is 0 Å². The van der Waals surface area contributed by atoms with Gasteiger partial charge in [-0.2, -0.15) is 9.61 Å². The summed E-state index contributed by atoms with van der Waals surface area (Å²) in [5.74, 6) is -0.633. The molecule has 3 rings (SSSR count). The monoisotopic (exact) mass is 415 g/mol. The number of hydrogen-bond donors (Lipinski definition) is 2. The number of para-hydroxylation sites is 1. The first-order valence-electron chi connectivity index (χ1n) is 9.09. The third-order valence-corrected chi connectivity index (χ3v) is 4.86. The summed E-state index contributed by atoms with van der Waals surface area (Å²) in [6, 6.07) is 7.35. The molecule has 0 radical (unpaired) electrons. The van der Waals surface area contributed by atoms with Crippen LogP contribution in [0.15, 0.2) is 35.1 Å². The van der Waals surface area contributed by atoms with Gasteiger partial charge in [-0.3, -0.25) is 4.79 Å². The molecule has 0 saturated carbocycles. The van der Waals surface area contributed by atoms with Crippen molar-refractivity contribution < 1.29 is 14.3 Å². The first-order valence-corrected chi connectivity index (χ1v) is 9.91. The summed E-state index contributed by atoms with van der Waals surface area (Å²) in [6.45, 7) is 5.44. The first-order chi connectivity index (χ1) is 13.9. The zero-order valence-electron chi connectivity index (χ0n) is 16.3. The summed E-state index contributed by atoms with van der Waals surface area (Å²) in [7, 11) is 0. The van der Waals surface area contributed by atoms with E-state index in [1.54, 1.807) is 24.3 Å². The van der Waals surface area contributed by atoms with Crippen LogP contribution in [0, 0.1) is 0 Å². The number of amides is 2. The molecule has 0 atom stereocenters. The van der Waals surface area contributed by atoms with Gasteiger partial charge in [0.15, 0.2) is 0 Å². The number of fused-ring (bicyclic) bond motifs is 1. The molecule has 3 aromatic rings. The van der Waals surface area contributed by atoms with E-state index in [0.717, 1.165) is 5.01 Å². The van der Waals surface area contributed by atoms with Gasteiger partial charge in [0.25, 0.3) is 5.56 Å². The number of hydrogen-bond acceptors (Lipinski definition) is 7. The fourth-order valence-corrected chi connectivity index (χ4v) is 3.38. The Bertz CT molecular complexity index is 1110. The van der Waals surface area contributed by atoms with Gasteiger partial charge in [-0.05, 0) is 32.4 Å². The Hall–Kier alpha value is -3.27. The van der Waals surface area contributed by atoms with E-state index < -0.39 is 12.0 Å². The van der Waals surface area contributed by atoms with Crippen molar-refractivity contribution in [3.63, 3.8) is 0 Å². The molecule has 0 aliphatic rings. The lowest BCUT2D eigenvalue weighted by molar-refractivity contribution is 0.0469. The number of ether oxygens (including phenoxy) is 1. The van der Waals surface area contributed by atoms with Crippen LogP contribution in [0.3, 0.4) is 0 Å². The second-order valence-electron chi connectivity index (χ2n) is 6.50. The second kappa shape index (κ2) is 8.82. The van der Waals surface area contributed by atoms with Crippen LogP contribution >= 0.6 is 11.3 Å². The van der Waals surface area contributed by atoms with Gasteiger partial charge in [-0.15, -0.1) is 0 Å². The maximum Gasteiger partial charge on any atom is 0.340 e. The van der Waals surface area contributed by atoms with Gasteiger partial charge >= 0.3 is 12.0 Å². The zero-order valence-corrected chi connectivity index (χ0v) is 17.1. The number of esters is 1. The summed E-state index contributed by atoms with van der Waals surface area (Å²) in [6.07, 6.45) is 0.700. The Labute approximate surface area is 170 Å². The van der Waals surface area contributed by atoms with E-state index in [9.17, 15) is 14.4 Å². The molecule has 2 N–H and O–H groups in total. The maximum absolute atomic E-state index is 12.5. The number of aromatic nitrogens is 3. The van der Waals surface area contributed by atoms with Crippen molar-refractivity contribution in [1.29, 1.82) is 0 Å². The highest BCUT2D eigenvalue weighted by atomic mass is 32.1. The van der Waals surface area contributed by atoms with E-state index in [1.807, 2.05) is 20.8 Å². The quantitative estimate of drug-likeness (QED) is 0.598. The minimum Gasteiger partial charge on any atom is -0.456 e. The van der Waals surface area contributed by atoms with E-state index in [4.69, 9.17) is 4.74 Å². The third kappa shape index (κ3) is 4.96. The summed E-state index contributed by atoms with van der Waals surface area (Å²) in [5, 5.41) is 10.3. The maximum atomic E-state index is 12.5. The van der Waals surface area contributed by atoms with Crippen LogP contribution in [0.1, 0.15) is 41.8 Å². The first kappa shape index (κ1) is 20.5. The molecule has 0 bridgehead atoms. The average molecular weight is 415 g/mol. The van der Waals surface area contributed by atoms with E-state index in [-0.39, 0.29) is 23.8 Å². The van der Waals surface area contributed by atoms with Crippen LogP contribution in [-0.4, -0.2) is 32.6 Å². The van der Waals surface area contributed by atoms with Crippen molar-refractivity contribution >= 4 is 34.0 Å². The Morgan fingerprint density at radius 3 is 2.76 bits per heavy atom. The molecule has 0 saturated heterocycles. The second-order valence-corrected chi connectivity index (χ2v) is 7.54. The minimum atomic E-state index is -0.633. The SMILES string of the molecule is CCc1nn2c(=O)cc(COC(=O)c3ccccc3NC(=O)NC(C)C)nc2s1. The molecule has 0 spiro atoms. The fraction of sp³-hybridized carbons (Fsp3) is 0.316. The number of aryl methyl sites for hydroxylation is 1. The number of anilines is 1. The molecule has 0 unspecified atom stereocenters. The predicted molar refractivity (Wildman–Crippen MR) is 109 cm³/mol. The van der Waals surface area contributed by atoms with Crippen molar-refractivity contribution in [2.45, 2.75) is 39.8 Å². The number of benzene rings is 1. The van der Waals surface area contributed by atoms with Crippen molar-refractivity contribution in [1.82, 2.24) is 19.9 Å². The van der Waals surface area contributed by atoms with Crippen molar-refractivity contribution in [2.75, 3.05) is 5.32 Å². The molecule has 9 nitrogen and oxygen atoms in total. The molecule has 0 aliphatic carbocycles. The van der Waals surface area contributed by atoms with E-state index in [2.05, 4.69) is 20.7 Å². The molecule has 2 heterocycles. The molecule has 10 heteroatoms. The topological polar surface area (TPSA) is 115 Å². The van der Waals surface area contributed by atoms with Crippen LogP contribution in [0.4, 0.5) is 10.5 Å². The lowest BCUT2D eigenvalue weighted by Gasteiger charge is -2.13. The van der Waals surface area contributed by atoms with Gasteiger partial charge in [0, 0.05) is 12.1 Å². The third-order valence-electron chi connectivity index (χ3n) is 3.81. The van der Waals surface area contributed by atoms with Crippen molar-refractivity contribution in [3.8, 4) is 0 Å². The van der Waals surface area contributed by atoms with Crippen LogP contribution in [0.2, 0.25) is 0 Å². The fourth-order valence-electron chi connectivity index (χ4n) is 2.52. The van der Waals surface area contributed by atoms with E-state index in [0.29, 0.717) is 22.8 Å². The Kier molecular flexibility index (Phi) is 6.23. The predicted octanol–water partition coefficient (Wildman–Crippen LogP) is 2.60. The van der Waals surface area contributed by atoms with Gasteiger partial charge in [0.2, 0.25) is 4.96 Å². The van der Waals surface area contributed by atoms with Crippen LogP contribution < -0.4 is 16.2 Å². The highest BCUT2D eigenvalue weighted by molar-refractivity contribution is 7.16. The number of urea groups is 1. The van der Waals surface area contributed by atoms with Crippen LogP contribution in [-0.2, 0) is 17.8 Å². The average Bonchev–Trinajstić information content (AvgIpc) is 3.10. The molecular formula is C19H21N5O4S. The lowest BCUT2D eigenvalue weighted by atomic mass is 10.2. The van der Waals surface area contributed by atoms with Gasteiger partial charge in [0.1, 0.15) is 11.6 Å². The smallest absolute Gasteiger partial charge is 0.340 e. The van der Waals surface area contributed by atoms with Crippen LogP contribution in [0.5, 0.6) is 0 Å². The molecule has 2 aromatic heterocycles. The minimum absolute atomic E-state index is 0.0470. The highest BCUT2D eigenvalue weighted by Crippen LogP contribution is 2.17. The molecule has 2 amide bonds. The molecule has 152 valence electrons. The lowest BCUT2D eigenvalue weighted by Crippen LogP contribution is -2.34. The highest BCUT2D eigenvalue weighted by Gasteiger charge is 2.16. The normalized spacial score (nSPS) is 10.9. The summed E-state index contributed by atoms with van der Waals surface area (Å²) >= 11 is 1.32. The summed E-state index contributed by atoms with van der Waals surface area (Å²) in [5.41, 5.74) is 0.534. The van der Waals surface area contributed by atoms with E-state index >= 15 is 0 Å². The number of carbonyl (C=O) groups excluding carboxylic acids is 2. The van der Waals surface area contributed by atoms with E-state index in [1.165, 1.54) is 21.9 Å². The molecular weight excluding hydrogens is 394 g/mol. The van der Waals surface area contributed by atoms with Crippen LogP contribution in [0.25, 0.3) is 4.96 Å². The summed E-state index contributed by atoms with van der Waals surface area (Å²) < 4.78 is 6.55. The largest absolute Gasteiger partial charge is 0.456 e. The van der Waals surface area contributed by atoms with Crippen molar-refractivity contribution in [3.05, 3.63) is 57.0 Å². The van der Waals surface area contributed by atoms with Gasteiger partial charge in [-0.25, -0.2) is 14.6 Å². The Morgan fingerprint density at radius 1 is 1.28 bits per heavy atom. The molecule has 0 aliphatic heterocycles. The Morgan fingerprint density at radius 2 is 2.03 bits per heavy atom. The molecule has 1 aromatic carbocycles. The molecule has 29 heavy (non-hydrogen) atoms. The van der Waals surface area contributed by atoms with Gasteiger partial charge in [-0.1, -0.05) is 30.4 Å². The van der Waals surface area contributed by atoms with Gasteiger partial charge < -0.3 is 15.4 Å². The van der Waals surface area contributed by atoms with Gasteiger partial charge in [0.05, 0.1) is 16.9 Å². The standard InChI is InChI=1S/C19H21N5O4S/c1-4-15-23-24-16(25)9-12(21-19(24)29-15)10-28-17(26)13-7-5-6-8-14(13)22-18(27)20-11(2)3/h5-9,11H,4,10H2,1-3H3,(H2,20,22,27). The molecule has 0 fully saturated rings. The Balaban J connectivity index is 1.73. The number of nitrogens with one attached hydrogen (secondary N) is 2. The zero-order chi connectivity index (χ0) is 21.0. The number of nitrogens with zero attached hydrogens (tertiary/aromatic N) is 3. The number of rotatable bonds is 6. The number of carbonyl (C=O) groups is 2. The summed E-state index contributed by atoms with van der Waals surface area (Å²) in [4.78, 5) is 41.4.